The fourth-order valence-electron chi connectivity index (χ4n) is 4.99. The van der Waals surface area contributed by atoms with Gasteiger partial charge in [-0.2, -0.15) is 5.01 Å². The smallest absolute Gasteiger partial charge is 0.408 e. The maximum atomic E-state index is 13.7. The van der Waals surface area contributed by atoms with Gasteiger partial charge < -0.3 is 20.1 Å². The molecule has 4 rings (SSSR count). The maximum absolute atomic E-state index is 13.7. The number of alkyl carbamates (subject to hydrolysis) is 1. The van der Waals surface area contributed by atoms with Gasteiger partial charge in [-0.3, -0.25) is 15.0 Å². The van der Waals surface area contributed by atoms with Gasteiger partial charge in [-0.1, -0.05) is 31.2 Å². The van der Waals surface area contributed by atoms with Crippen LogP contribution in [0.2, 0.25) is 0 Å². The van der Waals surface area contributed by atoms with Crippen molar-refractivity contribution in [3.8, 4) is 0 Å². The number of nitrogens with one attached hydrogen (secondary N) is 3. The summed E-state index contributed by atoms with van der Waals surface area (Å²) in [7, 11) is 0. The number of benzene rings is 2. The quantitative estimate of drug-likeness (QED) is 0.332. The van der Waals surface area contributed by atoms with Crippen LogP contribution in [0.25, 0.3) is 10.9 Å². The predicted octanol–water partition coefficient (Wildman–Crippen LogP) is 4.82. The van der Waals surface area contributed by atoms with Crippen molar-refractivity contribution in [2.24, 2.45) is 0 Å². The number of ketones is 1. The van der Waals surface area contributed by atoms with Crippen molar-refractivity contribution in [3.63, 3.8) is 0 Å². The molecule has 2 amide bonds. The molecule has 212 valence electrons. The average molecular weight is 549 g/mol. The summed E-state index contributed by atoms with van der Waals surface area (Å²) in [5.74, 6) is -1.75. The number of hydrazine groups is 1. The molecule has 10 heteroatoms. The largest absolute Gasteiger partial charge is 0.478 e. The average Bonchev–Trinajstić information content (AvgIpc) is 3.30. The summed E-state index contributed by atoms with van der Waals surface area (Å²) in [6.07, 6.45) is 1.63. The molecule has 4 N–H and O–H groups in total. The van der Waals surface area contributed by atoms with Crippen LogP contribution in [0.5, 0.6) is 0 Å². The summed E-state index contributed by atoms with van der Waals surface area (Å²) in [6.45, 7) is 10.0. The number of ether oxygens (including phenoxy) is 1. The first-order valence-electron chi connectivity index (χ1n) is 13.3. The standard InChI is InChI=1S/C30H36N4O6/c1-7-24(35)25-19-13-12-17(26(36)37)14-18(19)15-23(21-16-31-22-11-9-8-10-20(21)22)34(25)33-27(38)30(5,6)32-28(39)40-29(2,3)4/h8-14,16,23,25,31H,7,15H2,1-6H3,(H,32,39)(H,33,38)(H,36,37). The zero-order valence-corrected chi connectivity index (χ0v) is 23.6. The first-order valence-corrected chi connectivity index (χ1v) is 13.3. The van der Waals surface area contributed by atoms with E-state index in [0.29, 0.717) is 12.0 Å². The molecule has 0 radical (unpaired) electrons. The molecule has 10 nitrogen and oxygen atoms in total. The highest BCUT2D eigenvalue weighted by Gasteiger charge is 2.43. The summed E-state index contributed by atoms with van der Waals surface area (Å²) < 4.78 is 5.35. The summed E-state index contributed by atoms with van der Waals surface area (Å²) in [6, 6.07) is 11.0. The predicted molar refractivity (Wildman–Crippen MR) is 150 cm³/mol. The first-order chi connectivity index (χ1) is 18.7. The second-order valence-corrected chi connectivity index (χ2v) is 11.6. The van der Waals surface area contributed by atoms with Gasteiger partial charge in [0.2, 0.25) is 0 Å². The second kappa shape index (κ2) is 10.8. The molecule has 3 aromatic rings. The topological polar surface area (TPSA) is 141 Å². The number of rotatable bonds is 7. The number of aromatic carboxylic acids is 1. The van der Waals surface area contributed by atoms with Gasteiger partial charge in [0.1, 0.15) is 17.2 Å². The number of Topliss-reactive ketones (excluding diaryl/α,β-unsaturated/α-hetero) is 1. The number of carboxylic acid groups (broad SMARTS) is 1. The van der Waals surface area contributed by atoms with Crippen molar-refractivity contribution < 1.29 is 29.0 Å². The lowest BCUT2D eigenvalue weighted by molar-refractivity contribution is -0.139. The van der Waals surface area contributed by atoms with Gasteiger partial charge in [-0.05, 0) is 75.9 Å². The number of carbonyl (C=O) groups excluding carboxylic acids is 3. The van der Waals surface area contributed by atoms with Crippen LogP contribution in [0.1, 0.15) is 87.1 Å². The molecule has 2 atom stereocenters. The fraction of sp³-hybridized carbons (Fsp3) is 0.400. The number of hydrogen-bond acceptors (Lipinski definition) is 6. The zero-order chi connectivity index (χ0) is 29.4. The van der Waals surface area contributed by atoms with E-state index < -0.39 is 41.2 Å². The lowest BCUT2D eigenvalue weighted by Crippen LogP contribution is -2.61. The normalized spacial score (nSPS) is 17.6. The van der Waals surface area contributed by atoms with Crippen LogP contribution in [0.4, 0.5) is 4.79 Å². The molecule has 2 aromatic carbocycles. The summed E-state index contributed by atoms with van der Waals surface area (Å²) in [4.78, 5) is 54.7. The number of H-pyrrole nitrogens is 1. The number of nitrogens with zero attached hydrogens (tertiary/aromatic N) is 1. The molecule has 1 aromatic heterocycles. The van der Waals surface area contributed by atoms with Crippen LogP contribution >= 0.6 is 0 Å². The van der Waals surface area contributed by atoms with Gasteiger partial charge in [-0.25, -0.2) is 9.59 Å². The molecule has 0 saturated carbocycles. The number of fused-ring (bicyclic) bond motifs is 2. The molecule has 1 aliphatic heterocycles. The van der Waals surface area contributed by atoms with Gasteiger partial charge >= 0.3 is 12.1 Å². The Hall–Kier alpha value is -4.18. The SMILES string of the molecule is CCC(=O)C1c2ccc(C(=O)O)cc2CC(c2c[nH]c3ccccc23)N1NC(=O)C(C)(C)NC(=O)OC(C)(C)C. The van der Waals surface area contributed by atoms with E-state index in [0.717, 1.165) is 22.0 Å². The van der Waals surface area contributed by atoms with Gasteiger partial charge in [0.15, 0.2) is 5.78 Å². The van der Waals surface area contributed by atoms with Crippen molar-refractivity contribution in [1.82, 2.24) is 20.7 Å². The Morgan fingerprint density at radius 1 is 1.05 bits per heavy atom. The minimum Gasteiger partial charge on any atom is -0.478 e. The van der Waals surface area contributed by atoms with E-state index in [1.807, 2.05) is 30.5 Å². The van der Waals surface area contributed by atoms with Crippen molar-refractivity contribution in [2.75, 3.05) is 0 Å². The van der Waals surface area contributed by atoms with E-state index in [1.165, 1.54) is 6.07 Å². The van der Waals surface area contributed by atoms with E-state index in [2.05, 4.69) is 15.7 Å². The third kappa shape index (κ3) is 5.86. The monoisotopic (exact) mass is 548 g/mol. The van der Waals surface area contributed by atoms with E-state index in [4.69, 9.17) is 4.74 Å². The first kappa shape index (κ1) is 28.8. The number of amides is 2. The van der Waals surface area contributed by atoms with Gasteiger partial charge in [0.25, 0.3) is 5.91 Å². The zero-order valence-electron chi connectivity index (χ0n) is 23.6. The number of para-hydroxylation sites is 1. The highest BCUT2D eigenvalue weighted by Crippen LogP contribution is 2.42. The van der Waals surface area contributed by atoms with Crippen LogP contribution in [-0.2, 0) is 20.7 Å². The molecule has 0 spiro atoms. The highest BCUT2D eigenvalue weighted by atomic mass is 16.6. The van der Waals surface area contributed by atoms with Crippen molar-refractivity contribution in [3.05, 3.63) is 70.9 Å². The molecular formula is C30H36N4O6. The van der Waals surface area contributed by atoms with E-state index in [9.17, 15) is 24.3 Å². The number of carbonyl (C=O) groups is 4. The minimum atomic E-state index is -1.39. The van der Waals surface area contributed by atoms with Crippen LogP contribution < -0.4 is 10.7 Å². The van der Waals surface area contributed by atoms with Crippen molar-refractivity contribution in [1.29, 1.82) is 0 Å². The lowest BCUT2D eigenvalue weighted by atomic mass is 9.83. The molecule has 1 aliphatic rings. The van der Waals surface area contributed by atoms with E-state index in [1.54, 1.807) is 58.7 Å². The van der Waals surface area contributed by atoms with Crippen molar-refractivity contribution in [2.45, 2.75) is 77.6 Å². The van der Waals surface area contributed by atoms with Crippen LogP contribution in [0.3, 0.4) is 0 Å². The lowest BCUT2D eigenvalue weighted by Gasteiger charge is -2.43. The second-order valence-electron chi connectivity index (χ2n) is 11.6. The van der Waals surface area contributed by atoms with Gasteiger partial charge in [-0.15, -0.1) is 0 Å². The number of hydrogen-bond donors (Lipinski definition) is 4. The Labute approximate surface area is 233 Å². The number of carboxylic acids is 1. The summed E-state index contributed by atoms with van der Waals surface area (Å²) in [5.41, 5.74) is 4.02. The van der Waals surface area contributed by atoms with Gasteiger partial charge in [0, 0.05) is 23.5 Å². The maximum Gasteiger partial charge on any atom is 0.408 e. The molecule has 0 fully saturated rings. The fourth-order valence-corrected chi connectivity index (χ4v) is 4.99. The van der Waals surface area contributed by atoms with E-state index in [-0.39, 0.29) is 17.8 Å². The molecular weight excluding hydrogens is 512 g/mol. The molecule has 2 heterocycles. The Bertz CT molecular complexity index is 1470. The summed E-state index contributed by atoms with van der Waals surface area (Å²) in [5, 5.41) is 14.8. The molecule has 2 unspecified atom stereocenters. The third-order valence-electron chi connectivity index (χ3n) is 6.96. The Morgan fingerprint density at radius 3 is 2.40 bits per heavy atom. The van der Waals surface area contributed by atoms with Gasteiger partial charge in [0.05, 0.1) is 11.6 Å². The Balaban J connectivity index is 1.79. The van der Waals surface area contributed by atoms with Crippen molar-refractivity contribution >= 4 is 34.7 Å². The number of aromatic amines is 1. The molecule has 0 bridgehead atoms. The molecule has 0 aliphatic carbocycles. The third-order valence-corrected chi connectivity index (χ3v) is 6.96. The van der Waals surface area contributed by atoms with E-state index >= 15 is 0 Å². The number of aromatic nitrogens is 1. The molecule has 40 heavy (non-hydrogen) atoms. The van der Waals surface area contributed by atoms with Crippen LogP contribution in [-0.4, -0.2) is 50.0 Å². The Morgan fingerprint density at radius 2 is 1.75 bits per heavy atom. The summed E-state index contributed by atoms with van der Waals surface area (Å²) >= 11 is 0. The molecule has 0 saturated heterocycles. The Kier molecular flexibility index (Phi) is 7.76. The van der Waals surface area contributed by atoms with Crippen LogP contribution in [0, 0.1) is 0 Å². The minimum absolute atomic E-state index is 0.124. The van der Waals surface area contributed by atoms with Crippen LogP contribution in [0.15, 0.2) is 48.7 Å². The highest BCUT2D eigenvalue weighted by molar-refractivity contribution is 5.92.